The van der Waals surface area contributed by atoms with E-state index in [2.05, 4.69) is 31.2 Å². The van der Waals surface area contributed by atoms with Crippen LogP contribution < -0.4 is 5.73 Å². The van der Waals surface area contributed by atoms with Gasteiger partial charge in [0.15, 0.2) is 0 Å². The van der Waals surface area contributed by atoms with E-state index >= 15 is 0 Å². The Labute approximate surface area is 92.7 Å². The third kappa shape index (κ3) is 2.82. The summed E-state index contributed by atoms with van der Waals surface area (Å²) in [6.07, 6.45) is 7.38. The van der Waals surface area contributed by atoms with Crippen LogP contribution in [0.25, 0.3) is 0 Å². The molecule has 0 saturated heterocycles. The number of hydrogen-bond acceptors (Lipinski definition) is 1. The summed E-state index contributed by atoms with van der Waals surface area (Å²) in [4.78, 5) is 0. The van der Waals surface area contributed by atoms with Crippen molar-refractivity contribution >= 4 is 0 Å². The van der Waals surface area contributed by atoms with Gasteiger partial charge in [0.05, 0.1) is 0 Å². The lowest BCUT2D eigenvalue weighted by atomic mass is 9.90. The predicted molar refractivity (Wildman–Crippen MR) is 64.9 cm³/mol. The zero-order chi connectivity index (χ0) is 10.7. The van der Waals surface area contributed by atoms with Crippen LogP contribution >= 0.6 is 0 Å². The minimum absolute atomic E-state index is 0.143. The molecule has 1 aromatic rings. The molecular formula is C14H21N. The first-order valence-electron chi connectivity index (χ1n) is 6.02. The predicted octanol–water partition coefficient (Wildman–Crippen LogP) is 3.20. The smallest absolute Gasteiger partial charge is 0.0157 e. The second-order valence-electron chi connectivity index (χ2n) is 5.06. The van der Waals surface area contributed by atoms with E-state index < -0.39 is 0 Å². The summed E-state index contributed by atoms with van der Waals surface area (Å²) in [6, 6.07) is 8.78. The Balaban J connectivity index is 1.92. The molecule has 0 aliphatic heterocycles. The molecule has 0 radical (unpaired) electrons. The van der Waals surface area contributed by atoms with Gasteiger partial charge in [-0.2, -0.15) is 0 Å². The SMILES string of the molecule is Cc1cccc(CCC2(N)CCCC2)c1. The van der Waals surface area contributed by atoms with Crippen LogP contribution in [0, 0.1) is 6.92 Å². The normalized spacial score (nSPS) is 19.3. The molecule has 82 valence electrons. The fourth-order valence-corrected chi connectivity index (χ4v) is 2.59. The zero-order valence-electron chi connectivity index (χ0n) is 9.63. The van der Waals surface area contributed by atoms with Crippen LogP contribution in [-0.2, 0) is 6.42 Å². The fourth-order valence-electron chi connectivity index (χ4n) is 2.59. The van der Waals surface area contributed by atoms with Crippen LogP contribution in [0.3, 0.4) is 0 Å². The molecule has 1 aliphatic rings. The molecule has 1 nitrogen and oxygen atoms in total. The molecule has 15 heavy (non-hydrogen) atoms. The Morgan fingerprint density at radius 1 is 1.27 bits per heavy atom. The first kappa shape index (κ1) is 10.7. The van der Waals surface area contributed by atoms with E-state index in [-0.39, 0.29) is 5.54 Å². The average Bonchev–Trinajstić information content (AvgIpc) is 2.63. The summed E-state index contributed by atoms with van der Waals surface area (Å²) < 4.78 is 0. The number of nitrogens with two attached hydrogens (primary N) is 1. The molecule has 1 fully saturated rings. The maximum absolute atomic E-state index is 6.34. The fraction of sp³-hybridized carbons (Fsp3) is 0.571. The van der Waals surface area contributed by atoms with E-state index in [0.29, 0.717) is 0 Å². The van der Waals surface area contributed by atoms with E-state index in [1.54, 1.807) is 0 Å². The van der Waals surface area contributed by atoms with Crippen LogP contribution in [0.15, 0.2) is 24.3 Å². The molecule has 1 heteroatoms. The van der Waals surface area contributed by atoms with E-state index in [1.165, 1.54) is 36.8 Å². The largest absolute Gasteiger partial charge is 0.325 e. The topological polar surface area (TPSA) is 26.0 Å². The molecule has 0 amide bonds. The number of aryl methyl sites for hydroxylation is 2. The monoisotopic (exact) mass is 203 g/mol. The molecule has 0 heterocycles. The van der Waals surface area contributed by atoms with Gasteiger partial charge in [0.25, 0.3) is 0 Å². The summed E-state index contributed by atoms with van der Waals surface area (Å²) >= 11 is 0. The first-order chi connectivity index (χ1) is 7.18. The highest BCUT2D eigenvalue weighted by Gasteiger charge is 2.28. The zero-order valence-corrected chi connectivity index (χ0v) is 9.63. The third-order valence-corrected chi connectivity index (χ3v) is 3.59. The number of rotatable bonds is 3. The molecule has 0 atom stereocenters. The quantitative estimate of drug-likeness (QED) is 0.802. The van der Waals surface area contributed by atoms with E-state index in [4.69, 9.17) is 5.73 Å². The maximum Gasteiger partial charge on any atom is 0.0157 e. The Morgan fingerprint density at radius 3 is 2.67 bits per heavy atom. The summed E-state index contributed by atoms with van der Waals surface area (Å²) in [7, 11) is 0. The highest BCUT2D eigenvalue weighted by Crippen LogP contribution is 2.31. The van der Waals surface area contributed by atoms with Gasteiger partial charge in [0.2, 0.25) is 0 Å². The van der Waals surface area contributed by atoms with E-state index in [1.807, 2.05) is 0 Å². The van der Waals surface area contributed by atoms with Crippen molar-refractivity contribution < 1.29 is 0 Å². The number of hydrogen-bond donors (Lipinski definition) is 1. The lowest BCUT2D eigenvalue weighted by Gasteiger charge is -2.23. The van der Waals surface area contributed by atoms with Gasteiger partial charge in [-0.05, 0) is 38.2 Å². The molecule has 0 spiro atoms. The highest BCUT2D eigenvalue weighted by atomic mass is 14.7. The van der Waals surface area contributed by atoms with Gasteiger partial charge >= 0.3 is 0 Å². The Morgan fingerprint density at radius 2 is 2.00 bits per heavy atom. The molecule has 0 unspecified atom stereocenters. The van der Waals surface area contributed by atoms with Crippen molar-refractivity contribution in [3.8, 4) is 0 Å². The van der Waals surface area contributed by atoms with Crippen molar-refractivity contribution in [3.63, 3.8) is 0 Å². The van der Waals surface area contributed by atoms with Crippen LogP contribution in [-0.4, -0.2) is 5.54 Å². The Hall–Kier alpha value is -0.820. The van der Waals surface area contributed by atoms with Crippen molar-refractivity contribution in [2.45, 2.75) is 51.0 Å². The van der Waals surface area contributed by atoms with Crippen LogP contribution in [0.1, 0.15) is 43.2 Å². The van der Waals surface area contributed by atoms with Crippen LogP contribution in [0.4, 0.5) is 0 Å². The lowest BCUT2D eigenvalue weighted by Crippen LogP contribution is -2.36. The van der Waals surface area contributed by atoms with Gasteiger partial charge < -0.3 is 5.73 Å². The van der Waals surface area contributed by atoms with Crippen molar-refractivity contribution in [1.82, 2.24) is 0 Å². The Kier molecular flexibility index (Phi) is 3.11. The Bertz CT molecular complexity index is 324. The van der Waals surface area contributed by atoms with Crippen molar-refractivity contribution in [2.75, 3.05) is 0 Å². The summed E-state index contributed by atoms with van der Waals surface area (Å²) in [5.41, 5.74) is 9.28. The molecule has 0 bridgehead atoms. The minimum atomic E-state index is 0.143. The van der Waals surface area contributed by atoms with E-state index in [9.17, 15) is 0 Å². The van der Waals surface area contributed by atoms with E-state index in [0.717, 1.165) is 12.8 Å². The van der Waals surface area contributed by atoms with Crippen molar-refractivity contribution in [3.05, 3.63) is 35.4 Å². The molecule has 0 aromatic heterocycles. The van der Waals surface area contributed by atoms with Crippen LogP contribution in [0.5, 0.6) is 0 Å². The maximum atomic E-state index is 6.34. The molecule has 1 saturated carbocycles. The molecule has 1 aromatic carbocycles. The molecule has 2 rings (SSSR count). The van der Waals surface area contributed by atoms with Crippen molar-refractivity contribution in [2.24, 2.45) is 5.73 Å². The van der Waals surface area contributed by atoms with Gasteiger partial charge in [-0.15, -0.1) is 0 Å². The summed E-state index contributed by atoms with van der Waals surface area (Å²) in [6.45, 7) is 2.15. The van der Waals surface area contributed by atoms with Gasteiger partial charge in [-0.1, -0.05) is 42.7 Å². The summed E-state index contributed by atoms with van der Waals surface area (Å²) in [5.74, 6) is 0. The molecular weight excluding hydrogens is 182 g/mol. The van der Waals surface area contributed by atoms with Gasteiger partial charge in [-0.3, -0.25) is 0 Å². The standard InChI is InChI=1S/C14H21N/c1-12-5-4-6-13(11-12)7-10-14(15)8-2-3-9-14/h4-6,11H,2-3,7-10,15H2,1H3. The first-order valence-corrected chi connectivity index (χ1v) is 6.02. The second kappa shape index (κ2) is 4.36. The lowest BCUT2D eigenvalue weighted by molar-refractivity contribution is 0.406. The summed E-state index contributed by atoms with van der Waals surface area (Å²) in [5, 5.41) is 0. The molecule has 2 N–H and O–H groups in total. The average molecular weight is 203 g/mol. The third-order valence-electron chi connectivity index (χ3n) is 3.59. The minimum Gasteiger partial charge on any atom is -0.325 e. The van der Waals surface area contributed by atoms with Crippen LogP contribution in [0.2, 0.25) is 0 Å². The molecule has 1 aliphatic carbocycles. The number of benzene rings is 1. The van der Waals surface area contributed by atoms with Gasteiger partial charge in [-0.25, -0.2) is 0 Å². The van der Waals surface area contributed by atoms with Gasteiger partial charge in [0.1, 0.15) is 0 Å². The van der Waals surface area contributed by atoms with Crippen molar-refractivity contribution in [1.29, 1.82) is 0 Å². The highest BCUT2D eigenvalue weighted by molar-refractivity contribution is 5.22. The van der Waals surface area contributed by atoms with Gasteiger partial charge in [0, 0.05) is 5.54 Å². The second-order valence-corrected chi connectivity index (χ2v) is 5.06.